The predicted molar refractivity (Wildman–Crippen MR) is 194 cm³/mol. The highest BCUT2D eigenvalue weighted by Crippen LogP contribution is 2.44. The zero-order valence-corrected chi connectivity index (χ0v) is 30.1. The van der Waals surface area contributed by atoms with Gasteiger partial charge in [-0.05, 0) is 115 Å². The second kappa shape index (κ2) is 16.7. The van der Waals surface area contributed by atoms with Gasteiger partial charge < -0.3 is 0 Å². The maximum Gasteiger partial charge on any atom is 0.0217 e. The van der Waals surface area contributed by atoms with Crippen LogP contribution in [0.25, 0.3) is 0 Å². The fourth-order valence-corrected chi connectivity index (χ4v) is 5.82. The van der Waals surface area contributed by atoms with Gasteiger partial charge in [-0.15, -0.1) is 37.9 Å². The number of hydrogen-bond acceptors (Lipinski definition) is 3. The van der Waals surface area contributed by atoms with Crippen LogP contribution in [0.2, 0.25) is 0 Å². The maximum atomic E-state index is 4.42. The van der Waals surface area contributed by atoms with Crippen LogP contribution in [0.15, 0.2) is 86.3 Å². The van der Waals surface area contributed by atoms with Gasteiger partial charge >= 0.3 is 0 Å². The van der Waals surface area contributed by atoms with Crippen molar-refractivity contribution in [3.8, 4) is 0 Å². The van der Waals surface area contributed by atoms with Crippen LogP contribution in [0.4, 0.5) is 0 Å². The zero-order valence-electron chi connectivity index (χ0n) is 26.6. The van der Waals surface area contributed by atoms with Crippen LogP contribution < -0.4 is 0 Å². The highest BCUT2D eigenvalue weighted by Gasteiger charge is 2.10. The molecule has 0 unspecified atom stereocenters. The summed E-state index contributed by atoms with van der Waals surface area (Å²) in [6, 6.07) is 23.9. The minimum atomic E-state index is -0.520. The van der Waals surface area contributed by atoms with E-state index in [-0.39, 0.29) is 0 Å². The molecule has 0 spiro atoms. The SMILES string of the molecule is Cc1c(C)c(S)c(S)c(C)c1S.Cc1cc(C)cc(C)c1.Cc1ccc(C)cc1.Cc1ccc(S(C)(C)C)cc1. The summed E-state index contributed by atoms with van der Waals surface area (Å²) in [6.07, 6.45) is 6.95. The summed E-state index contributed by atoms with van der Waals surface area (Å²) in [5.74, 6) is 0. The molecule has 4 rings (SSSR count). The largest absolute Gasteiger partial charge is 0.223 e. The number of aryl methyl sites for hydroxylation is 6. The molecular formula is C36H50S4. The van der Waals surface area contributed by atoms with E-state index in [0.29, 0.717) is 0 Å². The minimum absolute atomic E-state index is 0.520. The molecule has 4 aromatic carbocycles. The standard InChI is InChI=1S/C10H16S.C9H12S3.C9H12.C8H10/c1-9-5-7-10(8-6-9)11(2,3)4;1-4-5(2)8(11)9(12)6(3)7(4)10;1-7-4-8(2)6-9(3)5-7;1-7-3-5-8(2)6-4-7/h5-8H,1-4H3;10-12H,1-3H3;4-6H,1-3H3;3-6H,1-2H3. The smallest absolute Gasteiger partial charge is 0.0217 e. The van der Waals surface area contributed by atoms with E-state index in [1.165, 1.54) is 49.4 Å². The van der Waals surface area contributed by atoms with Crippen molar-refractivity contribution >= 4 is 47.9 Å². The van der Waals surface area contributed by atoms with Crippen LogP contribution in [0, 0.1) is 62.3 Å². The van der Waals surface area contributed by atoms with Crippen LogP contribution in [-0.4, -0.2) is 18.8 Å². The summed E-state index contributed by atoms with van der Waals surface area (Å²) >= 11 is 13.2. The van der Waals surface area contributed by atoms with E-state index in [4.69, 9.17) is 0 Å². The Labute approximate surface area is 264 Å². The first-order chi connectivity index (χ1) is 18.4. The Hall–Kier alpha value is -1.72. The summed E-state index contributed by atoms with van der Waals surface area (Å²) < 4.78 is 0. The molecule has 4 aromatic rings. The minimum Gasteiger partial charge on any atom is -0.223 e. The average Bonchev–Trinajstić information content (AvgIpc) is 2.87. The van der Waals surface area contributed by atoms with Gasteiger partial charge in [0, 0.05) is 14.7 Å². The van der Waals surface area contributed by atoms with Gasteiger partial charge in [0.1, 0.15) is 0 Å². The summed E-state index contributed by atoms with van der Waals surface area (Å²) in [6.45, 7) is 18.8. The molecular weight excluding hydrogens is 561 g/mol. The molecule has 4 heteroatoms. The Morgan fingerprint density at radius 3 is 0.975 bits per heavy atom. The van der Waals surface area contributed by atoms with Gasteiger partial charge in [-0.1, -0.05) is 88.0 Å². The Balaban J connectivity index is 0.000000270. The van der Waals surface area contributed by atoms with Crippen molar-refractivity contribution in [3.63, 3.8) is 0 Å². The molecule has 218 valence electrons. The fourth-order valence-electron chi connectivity index (χ4n) is 3.89. The lowest BCUT2D eigenvalue weighted by Crippen LogP contribution is -1.92. The van der Waals surface area contributed by atoms with E-state index in [2.05, 4.69) is 172 Å². The Kier molecular flexibility index (Phi) is 15.1. The molecule has 0 bridgehead atoms. The van der Waals surface area contributed by atoms with E-state index in [1.807, 2.05) is 13.8 Å². The van der Waals surface area contributed by atoms with Crippen LogP contribution in [0.5, 0.6) is 0 Å². The van der Waals surface area contributed by atoms with Crippen molar-refractivity contribution < 1.29 is 0 Å². The third-order valence-electron chi connectivity index (χ3n) is 6.52. The van der Waals surface area contributed by atoms with Crippen LogP contribution >= 0.6 is 47.9 Å². The summed E-state index contributed by atoms with van der Waals surface area (Å²) in [5, 5.41) is 0. The van der Waals surface area contributed by atoms with Gasteiger partial charge in [-0.2, -0.15) is 0 Å². The van der Waals surface area contributed by atoms with Crippen molar-refractivity contribution in [2.24, 2.45) is 0 Å². The molecule has 0 nitrogen and oxygen atoms in total. The third-order valence-corrected chi connectivity index (χ3v) is 10.2. The first-order valence-corrected chi connectivity index (χ1v) is 17.7. The average molecular weight is 611 g/mol. The maximum absolute atomic E-state index is 4.42. The fraction of sp³-hybridized carbons (Fsp3) is 0.333. The Morgan fingerprint density at radius 2 is 0.650 bits per heavy atom. The van der Waals surface area contributed by atoms with Crippen LogP contribution in [0.1, 0.15) is 50.1 Å². The van der Waals surface area contributed by atoms with Crippen molar-refractivity contribution in [3.05, 3.63) is 117 Å². The van der Waals surface area contributed by atoms with E-state index < -0.39 is 10.0 Å². The zero-order chi connectivity index (χ0) is 30.8. The first kappa shape index (κ1) is 36.3. The first-order valence-electron chi connectivity index (χ1n) is 13.5. The van der Waals surface area contributed by atoms with Crippen LogP contribution in [-0.2, 0) is 0 Å². The molecule has 0 atom stereocenters. The molecule has 0 fully saturated rings. The monoisotopic (exact) mass is 610 g/mol. The van der Waals surface area contributed by atoms with Crippen molar-refractivity contribution in [1.82, 2.24) is 0 Å². The number of thiol groups is 3. The van der Waals surface area contributed by atoms with Crippen molar-refractivity contribution in [2.75, 3.05) is 18.8 Å². The molecule has 0 heterocycles. The highest BCUT2D eigenvalue weighted by molar-refractivity contribution is 8.32. The van der Waals surface area contributed by atoms with Gasteiger partial charge in [0.15, 0.2) is 0 Å². The molecule has 40 heavy (non-hydrogen) atoms. The number of benzene rings is 4. The topological polar surface area (TPSA) is 0 Å². The molecule has 0 radical (unpaired) electrons. The molecule has 0 saturated carbocycles. The van der Waals surface area contributed by atoms with Crippen LogP contribution in [0.3, 0.4) is 0 Å². The summed E-state index contributed by atoms with van der Waals surface area (Å²) in [5.41, 5.74) is 11.5. The number of hydrogen-bond donors (Lipinski definition) is 3. The Morgan fingerprint density at radius 1 is 0.375 bits per heavy atom. The third kappa shape index (κ3) is 12.4. The summed E-state index contributed by atoms with van der Waals surface area (Å²) in [7, 11) is -0.520. The van der Waals surface area contributed by atoms with Gasteiger partial charge in [0.25, 0.3) is 0 Å². The molecule has 0 aliphatic heterocycles. The lowest BCUT2D eigenvalue weighted by atomic mass is 10.1. The quantitative estimate of drug-likeness (QED) is 0.175. The van der Waals surface area contributed by atoms with Gasteiger partial charge in [0.05, 0.1) is 0 Å². The van der Waals surface area contributed by atoms with Gasteiger partial charge in [0.2, 0.25) is 0 Å². The number of rotatable bonds is 1. The summed E-state index contributed by atoms with van der Waals surface area (Å²) in [4.78, 5) is 4.41. The van der Waals surface area contributed by atoms with Gasteiger partial charge in [-0.25, -0.2) is 10.0 Å². The molecule has 0 aromatic heterocycles. The van der Waals surface area contributed by atoms with Crippen molar-refractivity contribution in [1.29, 1.82) is 0 Å². The van der Waals surface area contributed by atoms with E-state index in [0.717, 1.165) is 20.2 Å². The van der Waals surface area contributed by atoms with Crippen molar-refractivity contribution in [2.45, 2.75) is 81.9 Å². The normalized spacial score (nSPS) is 10.8. The molecule has 0 amide bonds. The van der Waals surface area contributed by atoms with E-state index in [1.54, 1.807) is 0 Å². The molecule has 0 aliphatic rings. The molecule has 0 saturated heterocycles. The lowest BCUT2D eigenvalue weighted by molar-refractivity contribution is 1.02. The van der Waals surface area contributed by atoms with E-state index >= 15 is 0 Å². The Bertz CT molecular complexity index is 1180. The van der Waals surface area contributed by atoms with E-state index in [9.17, 15) is 0 Å². The highest BCUT2D eigenvalue weighted by atomic mass is 32.3. The second-order valence-corrected chi connectivity index (χ2v) is 16.9. The second-order valence-electron chi connectivity index (χ2n) is 11.4. The molecule has 0 aliphatic carbocycles. The molecule has 0 N–H and O–H groups in total. The van der Waals surface area contributed by atoms with Gasteiger partial charge in [-0.3, -0.25) is 0 Å². The lowest BCUT2D eigenvalue weighted by Gasteiger charge is -2.25. The predicted octanol–water partition coefficient (Wildman–Crippen LogP) is 11.4.